The summed E-state index contributed by atoms with van der Waals surface area (Å²) in [6.07, 6.45) is 0. The Labute approximate surface area is 134 Å². The number of benzene rings is 2. The van der Waals surface area contributed by atoms with Gasteiger partial charge in [-0.25, -0.2) is 0 Å². The highest BCUT2D eigenvalue weighted by atomic mass is 35.5. The van der Waals surface area contributed by atoms with Crippen molar-refractivity contribution in [2.45, 2.75) is 13.5 Å². The molecule has 2 rings (SSSR count). The van der Waals surface area contributed by atoms with Crippen molar-refractivity contribution < 1.29 is 4.79 Å². The summed E-state index contributed by atoms with van der Waals surface area (Å²) in [4.78, 5) is 11.7. The maximum absolute atomic E-state index is 11.7. The molecule has 2 aromatic carbocycles. The molecule has 0 spiro atoms. The van der Waals surface area contributed by atoms with E-state index in [0.29, 0.717) is 34.9 Å². The molecule has 22 heavy (non-hydrogen) atoms. The summed E-state index contributed by atoms with van der Waals surface area (Å²) < 4.78 is 0. The molecular formula is C17H16ClN3O. The van der Waals surface area contributed by atoms with Crippen molar-refractivity contribution in [1.29, 1.82) is 5.26 Å². The second-order valence-electron chi connectivity index (χ2n) is 4.68. The van der Waals surface area contributed by atoms with E-state index in [1.165, 1.54) is 0 Å². The van der Waals surface area contributed by atoms with Crippen LogP contribution in [-0.2, 0) is 6.54 Å². The van der Waals surface area contributed by atoms with Crippen LogP contribution in [0.5, 0.6) is 0 Å². The first-order chi connectivity index (χ1) is 10.7. The quantitative estimate of drug-likeness (QED) is 0.887. The number of nitriles is 1. The normalized spacial score (nSPS) is 9.86. The molecule has 0 aliphatic heterocycles. The molecule has 0 heterocycles. The lowest BCUT2D eigenvalue weighted by molar-refractivity contribution is 0.0956. The van der Waals surface area contributed by atoms with Crippen LogP contribution in [0.2, 0.25) is 5.02 Å². The van der Waals surface area contributed by atoms with E-state index >= 15 is 0 Å². The van der Waals surface area contributed by atoms with Gasteiger partial charge in [-0.2, -0.15) is 5.26 Å². The zero-order valence-electron chi connectivity index (χ0n) is 12.2. The Hall–Kier alpha value is -2.51. The average molecular weight is 314 g/mol. The summed E-state index contributed by atoms with van der Waals surface area (Å²) in [6, 6.07) is 14.6. The lowest BCUT2D eigenvalue weighted by Gasteiger charge is -2.10. The molecule has 0 saturated carbocycles. The second kappa shape index (κ2) is 7.48. The number of amides is 1. The lowest BCUT2D eigenvalue weighted by Crippen LogP contribution is -2.22. The van der Waals surface area contributed by atoms with Gasteiger partial charge in [0.05, 0.1) is 16.3 Å². The minimum absolute atomic E-state index is 0.0834. The minimum Gasteiger partial charge on any atom is -0.379 e. The molecule has 0 aliphatic carbocycles. The van der Waals surface area contributed by atoms with Crippen LogP contribution in [0.3, 0.4) is 0 Å². The largest absolute Gasteiger partial charge is 0.379 e. The fourth-order valence-electron chi connectivity index (χ4n) is 2.02. The summed E-state index contributed by atoms with van der Waals surface area (Å²) in [5, 5.41) is 15.5. The van der Waals surface area contributed by atoms with Gasteiger partial charge in [-0.15, -0.1) is 0 Å². The number of rotatable bonds is 5. The molecule has 2 aromatic rings. The van der Waals surface area contributed by atoms with Gasteiger partial charge in [-0.3, -0.25) is 4.79 Å². The first kappa shape index (κ1) is 15.9. The summed E-state index contributed by atoms with van der Waals surface area (Å²) in [6.45, 7) is 3.01. The number of hydrogen-bond donors (Lipinski definition) is 2. The van der Waals surface area contributed by atoms with E-state index in [4.69, 9.17) is 16.9 Å². The first-order valence-corrected chi connectivity index (χ1v) is 7.33. The summed E-state index contributed by atoms with van der Waals surface area (Å²) in [5.41, 5.74) is 2.75. The molecule has 112 valence electrons. The van der Waals surface area contributed by atoms with Gasteiger partial charge in [0.1, 0.15) is 6.07 Å². The van der Waals surface area contributed by atoms with Gasteiger partial charge in [-0.1, -0.05) is 29.8 Å². The molecule has 1 amide bonds. The standard InChI is InChI=1S/C17H16ClN3O/c1-2-20-17(22)13-8-6-12(7-9-13)11-21-16-14(10-19)4-3-5-15(16)18/h3-9,21H,2,11H2,1H3,(H,20,22). The van der Waals surface area contributed by atoms with E-state index in [1.807, 2.05) is 19.1 Å². The maximum atomic E-state index is 11.7. The number of hydrogen-bond acceptors (Lipinski definition) is 3. The SMILES string of the molecule is CCNC(=O)c1ccc(CNc2c(Cl)cccc2C#N)cc1. The van der Waals surface area contributed by atoms with Crippen molar-refractivity contribution in [3.8, 4) is 6.07 Å². The molecule has 0 radical (unpaired) electrons. The highest BCUT2D eigenvalue weighted by Gasteiger charge is 2.07. The third kappa shape index (κ3) is 3.78. The van der Waals surface area contributed by atoms with Crippen LogP contribution in [0, 0.1) is 11.3 Å². The number of anilines is 1. The lowest BCUT2D eigenvalue weighted by atomic mass is 10.1. The summed E-state index contributed by atoms with van der Waals surface area (Å²) >= 11 is 6.11. The van der Waals surface area contributed by atoms with Crippen LogP contribution < -0.4 is 10.6 Å². The fraction of sp³-hybridized carbons (Fsp3) is 0.176. The molecular weight excluding hydrogens is 298 g/mol. The molecule has 0 unspecified atom stereocenters. The van der Waals surface area contributed by atoms with Gasteiger partial charge in [0.25, 0.3) is 5.91 Å². The molecule has 0 bridgehead atoms. The number of carbonyl (C=O) groups is 1. The van der Waals surface area contributed by atoms with Crippen LogP contribution in [0.15, 0.2) is 42.5 Å². The molecule has 0 aromatic heterocycles. The zero-order valence-corrected chi connectivity index (χ0v) is 12.9. The van der Waals surface area contributed by atoms with Gasteiger partial charge in [-0.05, 0) is 36.8 Å². The minimum atomic E-state index is -0.0834. The second-order valence-corrected chi connectivity index (χ2v) is 5.09. The molecule has 2 N–H and O–H groups in total. The van der Waals surface area contributed by atoms with E-state index in [0.717, 1.165) is 5.56 Å². The van der Waals surface area contributed by atoms with Crippen molar-refractivity contribution in [2.75, 3.05) is 11.9 Å². The Morgan fingerprint density at radius 3 is 2.59 bits per heavy atom. The van der Waals surface area contributed by atoms with Gasteiger partial charge < -0.3 is 10.6 Å². The van der Waals surface area contributed by atoms with E-state index < -0.39 is 0 Å². The Morgan fingerprint density at radius 1 is 1.23 bits per heavy atom. The van der Waals surface area contributed by atoms with Crippen LogP contribution in [0.25, 0.3) is 0 Å². The predicted octanol–water partition coefficient (Wildman–Crippen LogP) is 3.57. The fourth-order valence-corrected chi connectivity index (χ4v) is 2.27. The number of nitrogens with zero attached hydrogens (tertiary/aromatic N) is 1. The molecule has 5 heteroatoms. The third-order valence-electron chi connectivity index (χ3n) is 3.16. The van der Waals surface area contributed by atoms with Crippen molar-refractivity contribution in [1.82, 2.24) is 5.32 Å². The highest BCUT2D eigenvalue weighted by Crippen LogP contribution is 2.25. The van der Waals surface area contributed by atoms with Gasteiger partial charge in [0.15, 0.2) is 0 Å². The highest BCUT2D eigenvalue weighted by molar-refractivity contribution is 6.33. The smallest absolute Gasteiger partial charge is 0.251 e. The van der Waals surface area contributed by atoms with Crippen molar-refractivity contribution in [2.24, 2.45) is 0 Å². The number of halogens is 1. The molecule has 0 fully saturated rings. The molecule has 4 nitrogen and oxygen atoms in total. The van der Waals surface area contributed by atoms with E-state index in [9.17, 15) is 4.79 Å². The average Bonchev–Trinajstić information content (AvgIpc) is 2.54. The van der Waals surface area contributed by atoms with Crippen molar-refractivity contribution >= 4 is 23.2 Å². The number of carbonyl (C=O) groups excluding carboxylic acids is 1. The Kier molecular flexibility index (Phi) is 5.40. The molecule has 0 atom stereocenters. The molecule has 0 aliphatic rings. The summed E-state index contributed by atoms with van der Waals surface area (Å²) in [5.74, 6) is -0.0834. The number of nitrogens with one attached hydrogen (secondary N) is 2. The maximum Gasteiger partial charge on any atom is 0.251 e. The topological polar surface area (TPSA) is 64.9 Å². The van der Waals surface area contributed by atoms with Crippen LogP contribution in [-0.4, -0.2) is 12.5 Å². The van der Waals surface area contributed by atoms with E-state index in [-0.39, 0.29) is 5.91 Å². The summed E-state index contributed by atoms with van der Waals surface area (Å²) in [7, 11) is 0. The van der Waals surface area contributed by atoms with E-state index in [2.05, 4.69) is 16.7 Å². The van der Waals surface area contributed by atoms with Crippen molar-refractivity contribution in [3.05, 3.63) is 64.2 Å². The Balaban J connectivity index is 2.07. The predicted molar refractivity (Wildman–Crippen MR) is 87.9 cm³/mol. The Morgan fingerprint density at radius 2 is 1.95 bits per heavy atom. The van der Waals surface area contributed by atoms with Crippen LogP contribution in [0.1, 0.15) is 28.4 Å². The first-order valence-electron chi connectivity index (χ1n) is 6.95. The third-order valence-corrected chi connectivity index (χ3v) is 3.47. The van der Waals surface area contributed by atoms with Crippen LogP contribution in [0.4, 0.5) is 5.69 Å². The van der Waals surface area contributed by atoms with Crippen LogP contribution >= 0.6 is 11.6 Å². The zero-order chi connectivity index (χ0) is 15.9. The monoisotopic (exact) mass is 313 g/mol. The number of para-hydroxylation sites is 1. The molecule has 0 saturated heterocycles. The van der Waals surface area contributed by atoms with Gasteiger partial charge in [0, 0.05) is 18.7 Å². The van der Waals surface area contributed by atoms with Gasteiger partial charge >= 0.3 is 0 Å². The Bertz CT molecular complexity index is 705. The van der Waals surface area contributed by atoms with E-state index in [1.54, 1.807) is 30.3 Å². The van der Waals surface area contributed by atoms with Gasteiger partial charge in [0.2, 0.25) is 0 Å². The van der Waals surface area contributed by atoms with Crippen molar-refractivity contribution in [3.63, 3.8) is 0 Å².